The maximum absolute atomic E-state index is 12.5. The fourth-order valence-electron chi connectivity index (χ4n) is 8.34. The van der Waals surface area contributed by atoms with Crippen LogP contribution in [0.25, 0.3) is 0 Å². The van der Waals surface area contributed by atoms with Crippen LogP contribution in [0.5, 0.6) is 0 Å². The third kappa shape index (κ3) is 42.4. The van der Waals surface area contributed by atoms with E-state index in [0.717, 1.165) is 90.9 Å². The van der Waals surface area contributed by atoms with E-state index >= 15 is 0 Å². The summed E-state index contributed by atoms with van der Waals surface area (Å²) in [5.41, 5.74) is 11.2. The molecule has 0 atom stereocenters. The van der Waals surface area contributed by atoms with Crippen LogP contribution in [0.4, 0.5) is 24.0 Å². The second-order valence-corrected chi connectivity index (χ2v) is 26.1. The number of ether oxygens (including phenoxy) is 5. The molecule has 21 nitrogen and oxygen atoms in total. The summed E-state index contributed by atoms with van der Waals surface area (Å²) in [5, 5.41) is 6.30. The zero-order chi connectivity index (χ0) is 72.0. The summed E-state index contributed by atoms with van der Waals surface area (Å²) in [6, 6.07) is 54.9. The number of hydroxylamine groups is 5. The standard InChI is InChI=1S/C25H34N2O5.C17H28N2O3.C13H14BrNO2.C12H17NO3.C8H7ClO2.Na.H/c1-25(2,3)32-24(29)27(31-20-22-15-9-5-10-16-22)18-12-6-11-17-26-23(28)30-19-21-13-7-4-8-14-21;1-17(2,3)22-16(20)19(13-9-5-8-12-18)21-14-15-10-6-4-7-11-15;14-8-4-1-5-9-15-12(16)10-6-2-3-7-11(10)13(15)17;1-12(2,3)16-11(14)13-15-9-10-7-5-4-6-8-10;9-8(10)11-6-7-4-2-1-3-5-7;;/h4-5,7-10,13-16H,6,11-12,17-20H2,1-3H3,(H,26,28);4,6-7,10-11H,5,8-9,12-14,18H2,1-3H3;2-3,6-7H,1,4-5,8-9H2;4-8H,9H2,1-3H3,(H,13,14);1-5H,6H2;;/q;;;;;+1;-1. The third-order valence-corrected chi connectivity index (χ3v) is 13.6. The Morgan fingerprint density at radius 1 is 0.465 bits per heavy atom. The summed E-state index contributed by atoms with van der Waals surface area (Å²) in [4.78, 5) is 99.5. The van der Waals surface area contributed by atoms with Gasteiger partial charge in [0.05, 0.1) is 30.8 Å². The van der Waals surface area contributed by atoms with Crippen molar-refractivity contribution in [2.45, 2.75) is 170 Å². The van der Waals surface area contributed by atoms with Gasteiger partial charge in [-0.3, -0.25) is 29.0 Å². The number of fused-ring (bicyclic) bond motifs is 1. The van der Waals surface area contributed by atoms with Gasteiger partial charge in [0.2, 0.25) is 0 Å². The molecule has 0 bridgehead atoms. The van der Waals surface area contributed by atoms with E-state index in [0.29, 0.717) is 57.1 Å². The molecule has 1 aliphatic rings. The van der Waals surface area contributed by atoms with E-state index in [1.54, 1.807) is 45.0 Å². The Morgan fingerprint density at radius 3 is 1.21 bits per heavy atom. The summed E-state index contributed by atoms with van der Waals surface area (Å²) in [6.45, 7) is 20.4. The van der Waals surface area contributed by atoms with E-state index in [-0.39, 0.29) is 62.6 Å². The van der Waals surface area contributed by atoms with Crippen LogP contribution in [0.15, 0.2) is 176 Å². The molecular formula is C75H101BrClN6NaO15. The van der Waals surface area contributed by atoms with Crippen molar-refractivity contribution in [1.82, 2.24) is 25.8 Å². The molecule has 0 unspecified atom stereocenters. The monoisotopic (exact) mass is 1460 g/mol. The van der Waals surface area contributed by atoms with Crippen molar-refractivity contribution in [2.75, 3.05) is 38.1 Å². The van der Waals surface area contributed by atoms with Crippen LogP contribution in [-0.2, 0) is 71.2 Å². The molecular weight excluding hydrogens is 1360 g/mol. The molecule has 6 aromatic carbocycles. The van der Waals surface area contributed by atoms with Crippen molar-refractivity contribution in [1.29, 1.82) is 0 Å². The van der Waals surface area contributed by atoms with Gasteiger partial charge in [-0.1, -0.05) is 193 Å². The number of unbranched alkanes of at least 4 members (excludes halogenated alkanes) is 6. The first-order chi connectivity index (χ1) is 46.8. The zero-order valence-electron chi connectivity index (χ0n) is 60.2. The minimum Gasteiger partial charge on any atom is -1.00 e. The van der Waals surface area contributed by atoms with Crippen molar-refractivity contribution in [3.8, 4) is 0 Å². The van der Waals surface area contributed by atoms with Crippen molar-refractivity contribution < 1.29 is 103 Å². The molecule has 4 N–H and O–H groups in total. The Balaban J connectivity index is 0.000000649. The summed E-state index contributed by atoms with van der Waals surface area (Å²) >= 11 is 8.33. The number of amides is 6. The van der Waals surface area contributed by atoms with Gasteiger partial charge in [-0.25, -0.2) is 24.0 Å². The second kappa shape index (κ2) is 50.0. The van der Waals surface area contributed by atoms with Crippen molar-refractivity contribution in [2.24, 2.45) is 5.73 Å². The van der Waals surface area contributed by atoms with E-state index in [1.807, 2.05) is 193 Å². The van der Waals surface area contributed by atoms with Gasteiger partial charge in [0, 0.05) is 30.0 Å². The SMILES string of the molecule is CC(C)(C)OC(=O)N(CCCCCN)OCc1ccccc1.CC(C)(C)OC(=O)N(CCCCCNC(=O)OCc1ccccc1)OCc1ccccc1.CC(C)(C)OC(=O)NOCc1ccccc1.O=C(Cl)OCc1ccccc1.O=C1c2ccccc2C(=O)N1CCCCCBr.[H-].[Na+]. The van der Waals surface area contributed by atoms with E-state index in [9.17, 15) is 33.6 Å². The van der Waals surface area contributed by atoms with Crippen LogP contribution in [0.2, 0.25) is 0 Å². The molecule has 0 aromatic heterocycles. The number of carbonyl (C=O) groups excluding carboxylic acids is 7. The summed E-state index contributed by atoms with van der Waals surface area (Å²) in [7, 11) is 0. The predicted molar refractivity (Wildman–Crippen MR) is 383 cm³/mol. The van der Waals surface area contributed by atoms with Gasteiger partial charge in [0.1, 0.15) is 43.2 Å². The Morgan fingerprint density at radius 2 is 0.828 bits per heavy atom. The number of alkyl carbamates (subject to hydrolysis) is 1. The number of rotatable bonds is 29. The van der Waals surface area contributed by atoms with Gasteiger partial charge >= 0.3 is 59.4 Å². The van der Waals surface area contributed by atoms with Crippen molar-refractivity contribution >= 4 is 69.1 Å². The van der Waals surface area contributed by atoms with E-state index in [2.05, 4.69) is 31.5 Å². The van der Waals surface area contributed by atoms with Crippen LogP contribution in [0.3, 0.4) is 0 Å². The number of nitrogens with one attached hydrogen (secondary N) is 2. The van der Waals surface area contributed by atoms with Gasteiger partial charge in [0.25, 0.3) is 11.8 Å². The van der Waals surface area contributed by atoms with E-state index < -0.39 is 46.6 Å². The fourth-order valence-corrected chi connectivity index (χ4v) is 8.79. The molecule has 0 saturated heterocycles. The van der Waals surface area contributed by atoms with Crippen molar-refractivity contribution in [3.63, 3.8) is 0 Å². The van der Waals surface area contributed by atoms with Crippen LogP contribution in [0, 0.1) is 0 Å². The molecule has 0 radical (unpaired) electrons. The zero-order valence-corrected chi connectivity index (χ0v) is 63.5. The maximum Gasteiger partial charge on any atom is 1.00 e. The molecule has 6 amide bonds. The Kier molecular flexibility index (Phi) is 44.3. The Hall–Kier alpha value is -7.38. The molecule has 536 valence electrons. The van der Waals surface area contributed by atoms with Crippen molar-refractivity contribution in [3.05, 3.63) is 215 Å². The van der Waals surface area contributed by atoms with E-state index in [4.69, 9.17) is 50.8 Å². The summed E-state index contributed by atoms with van der Waals surface area (Å²) in [6.07, 6.45) is 6.05. The molecule has 6 aromatic rings. The van der Waals surface area contributed by atoms with Crippen LogP contribution >= 0.6 is 27.5 Å². The molecule has 0 aliphatic carbocycles. The van der Waals surface area contributed by atoms with Gasteiger partial charge < -0.3 is 36.2 Å². The van der Waals surface area contributed by atoms with Gasteiger partial charge in [-0.05, 0) is 154 Å². The molecule has 0 fully saturated rings. The number of nitrogens with zero attached hydrogens (tertiary/aromatic N) is 3. The van der Waals surface area contributed by atoms with Crippen LogP contribution < -0.4 is 46.1 Å². The molecule has 24 heteroatoms. The number of halogens is 2. The quantitative estimate of drug-likeness (QED) is 0.00750. The third-order valence-electron chi connectivity index (χ3n) is 13.0. The Bertz CT molecular complexity index is 3190. The first kappa shape index (κ1) is 87.7. The predicted octanol–water partition coefficient (Wildman–Crippen LogP) is 14.1. The number of alkyl halides is 1. The number of nitrogens with two attached hydrogens (primary N) is 1. The topological polar surface area (TPSA) is 253 Å². The first-order valence-corrected chi connectivity index (χ1v) is 34.3. The van der Waals surface area contributed by atoms with E-state index in [1.165, 1.54) is 15.0 Å². The fraction of sp³-hybridized carbons (Fsp3) is 0.427. The van der Waals surface area contributed by atoms with Gasteiger partial charge in [0.15, 0.2) is 0 Å². The number of benzene rings is 6. The average molecular weight is 1470 g/mol. The minimum atomic E-state index is -0.770. The average Bonchev–Trinajstić information content (AvgIpc) is 1.64. The minimum absolute atomic E-state index is 0. The molecule has 1 aliphatic heterocycles. The number of imide groups is 1. The largest absolute Gasteiger partial charge is 1.00 e. The molecule has 0 saturated carbocycles. The molecule has 1 heterocycles. The smallest absolute Gasteiger partial charge is 1.00 e. The van der Waals surface area contributed by atoms with Crippen LogP contribution in [0.1, 0.15) is 170 Å². The number of carbonyl (C=O) groups is 7. The first-order valence-electron chi connectivity index (χ1n) is 32.8. The molecule has 7 rings (SSSR count). The maximum atomic E-state index is 12.5. The van der Waals surface area contributed by atoms with Crippen LogP contribution in [-0.4, -0.2) is 111 Å². The Labute approximate surface area is 622 Å². The number of hydrogen-bond acceptors (Lipinski definition) is 16. The summed E-state index contributed by atoms with van der Waals surface area (Å²) in [5.74, 6) is -0.297. The normalized spacial score (nSPS) is 11.3. The number of hydrogen-bond donors (Lipinski definition) is 3. The van der Waals surface area contributed by atoms with Gasteiger partial charge in [-0.15, -0.1) is 0 Å². The molecule has 0 spiro atoms. The molecule has 99 heavy (non-hydrogen) atoms. The second-order valence-electron chi connectivity index (χ2n) is 25.0. The summed E-state index contributed by atoms with van der Waals surface area (Å²) < 4.78 is 25.6. The van der Waals surface area contributed by atoms with Gasteiger partial charge in [-0.2, -0.15) is 15.6 Å².